The maximum atomic E-state index is 4.67. The zero-order valence-corrected chi connectivity index (χ0v) is 43.1. The molecule has 0 aromatic carbocycles. The van der Waals surface area contributed by atoms with Crippen LogP contribution in [0.2, 0.25) is 0 Å². The normalized spacial score (nSPS) is 18.1. The van der Waals surface area contributed by atoms with Crippen molar-refractivity contribution >= 4 is 0 Å². The van der Waals surface area contributed by atoms with E-state index in [-0.39, 0.29) is 5.41 Å². The molecule has 0 aromatic rings. The molecule has 2 aliphatic carbocycles. The SMILES string of the molecule is C=CCC(C(CCCCCCCCCCCCCCCC)=C(CCCCCCCCCC)C(CCCC)(CCCCCCCC)C(C)(C)C)(C1CCCCC1)C1CCCC1. The molecule has 354 valence electrons. The molecule has 0 heterocycles. The maximum absolute atomic E-state index is 4.67. The Labute approximate surface area is 381 Å². The molecule has 0 saturated heterocycles. The highest BCUT2D eigenvalue weighted by Crippen LogP contribution is 2.63. The van der Waals surface area contributed by atoms with Gasteiger partial charge in [0.25, 0.3) is 0 Å². The van der Waals surface area contributed by atoms with E-state index in [0.717, 1.165) is 11.8 Å². The van der Waals surface area contributed by atoms with Gasteiger partial charge in [0.05, 0.1) is 0 Å². The van der Waals surface area contributed by atoms with Crippen molar-refractivity contribution in [3.63, 3.8) is 0 Å². The number of allylic oxidation sites excluding steroid dienone is 3. The Hall–Kier alpha value is -0.520. The summed E-state index contributed by atoms with van der Waals surface area (Å²) in [6.07, 6.45) is 65.6. The number of unbranched alkanes of at least 4 members (excludes halogenated alkanes) is 26. The van der Waals surface area contributed by atoms with E-state index in [0.29, 0.717) is 10.8 Å². The standard InChI is InChI=1S/C60H114/c1-9-14-18-21-24-26-27-28-29-30-31-33-35-41-50-57(60(51-13-5,55-47-42-43-48-55)54-45-38-37-39-46-54)56(49-40-34-32-25-22-19-15-10-2)59(52-17-12-4,58(6,7)8)53-44-36-23-20-16-11-3/h13,54-55H,5,9-12,14-53H2,1-4,6-8H3. The molecule has 0 bridgehead atoms. The lowest BCUT2D eigenvalue weighted by molar-refractivity contribution is 0.0602. The average molecular weight is 836 g/mol. The van der Waals surface area contributed by atoms with Gasteiger partial charge in [0.1, 0.15) is 0 Å². The minimum absolute atomic E-state index is 0.268. The highest BCUT2D eigenvalue weighted by atomic mass is 14.6. The first-order valence-electron chi connectivity index (χ1n) is 28.6. The highest BCUT2D eigenvalue weighted by Gasteiger charge is 2.52. The van der Waals surface area contributed by atoms with Crippen molar-refractivity contribution in [2.75, 3.05) is 0 Å². The third-order valence-corrected chi connectivity index (χ3v) is 16.8. The van der Waals surface area contributed by atoms with Crippen LogP contribution in [0.5, 0.6) is 0 Å². The Bertz CT molecular complexity index is 1010. The van der Waals surface area contributed by atoms with Crippen molar-refractivity contribution in [3.05, 3.63) is 23.8 Å². The molecule has 2 aliphatic rings. The van der Waals surface area contributed by atoms with Crippen molar-refractivity contribution in [2.24, 2.45) is 28.1 Å². The molecule has 2 fully saturated rings. The fourth-order valence-corrected chi connectivity index (χ4v) is 13.2. The zero-order valence-electron chi connectivity index (χ0n) is 43.1. The number of hydrogen-bond donors (Lipinski definition) is 0. The second-order valence-corrected chi connectivity index (χ2v) is 22.3. The van der Waals surface area contributed by atoms with E-state index in [9.17, 15) is 0 Å². The van der Waals surface area contributed by atoms with Crippen LogP contribution in [0, 0.1) is 28.1 Å². The minimum Gasteiger partial charge on any atom is -0.103 e. The summed E-state index contributed by atoms with van der Waals surface area (Å²) >= 11 is 0. The van der Waals surface area contributed by atoms with Gasteiger partial charge in [-0.2, -0.15) is 0 Å². The summed E-state index contributed by atoms with van der Waals surface area (Å²) < 4.78 is 0. The van der Waals surface area contributed by atoms with Crippen molar-refractivity contribution in [1.82, 2.24) is 0 Å². The number of rotatable bonds is 40. The Morgan fingerprint density at radius 1 is 0.400 bits per heavy atom. The van der Waals surface area contributed by atoms with Crippen molar-refractivity contribution in [1.29, 1.82) is 0 Å². The van der Waals surface area contributed by atoms with Crippen LogP contribution in [-0.2, 0) is 0 Å². The van der Waals surface area contributed by atoms with Gasteiger partial charge in [0.2, 0.25) is 0 Å². The Balaban J connectivity index is 2.58. The third kappa shape index (κ3) is 20.1. The smallest absolute Gasteiger partial charge is 0.000556 e. The zero-order chi connectivity index (χ0) is 43.6. The van der Waals surface area contributed by atoms with Gasteiger partial charge >= 0.3 is 0 Å². The topological polar surface area (TPSA) is 0 Å². The van der Waals surface area contributed by atoms with Gasteiger partial charge in [-0.3, -0.25) is 0 Å². The van der Waals surface area contributed by atoms with Gasteiger partial charge in [0.15, 0.2) is 0 Å². The minimum atomic E-state index is 0.268. The number of hydrogen-bond acceptors (Lipinski definition) is 0. The summed E-state index contributed by atoms with van der Waals surface area (Å²) in [5.41, 5.74) is 5.07. The molecule has 60 heavy (non-hydrogen) atoms. The van der Waals surface area contributed by atoms with Crippen LogP contribution in [0.1, 0.15) is 331 Å². The first kappa shape index (κ1) is 55.6. The third-order valence-electron chi connectivity index (χ3n) is 16.8. The van der Waals surface area contributed by atoms with E-state index in [2.05, 4.69) is 72.3 Å². The van der Waals surface area contributed by atoms with Crippen LogP contribution in [0.15, 0.2) is 23.8 Å². The molecule has 2 atom stereocenters. The van der Waals surface area contributed by atoms with E-state index in [1.165, 1.54) is 283 Å². The summed E-state index contributed by atoms with van der Waals surface area (Å²) in [6.45, 7) is 22.4. The molecule has 0 aromatic heterocycles. The quantitative estimate of drug-likeness (QED) is 0.0426. The molecule has 0 amide bonds. The average Bonchev–Trinajstić information content (AvgIpc) is 3.80. The van der Waals surface area contributed by atoms with Gasteiger partial charge in [-0.15, -0.1) is 6.58 Å². The predicted molar refractivity (Wildman–Crippen MR) is 274 cm³/mol. The molecule has 0 heteroatoms. The Morgan fingerprint density at radius 2 is 0.717 bits per heavy atom. The largest absolute Gasteiger partial charge is 0.103 e. The molecule has 0 radical (unpaired) electrons. The van der Waals surface area contributed by atoms with E-state index < -0.39 is 0 Å². The van der Waals surface area contributed by atoms with Crippen LogP contribution in [0.3, 0.4) is 0 Å². The van der Waals surface area contributed by atoms with Gasteiger partial charge in [0, 0.05) is 5.41 Å². The maximum Gasteiger partial charge on any atom is 0.000556 e. The lowest BCUT2D eigenvalue weighted by Crippen LogP contribution is -2.45. The summed E-state index contributed by atoms with van der Waals surface area (Å²) in [4.78, 5) is 0. The fourth-order valence-electron chi connectivity index (χ4n) is 13.2. The van der Waals surface area contributed by atoms with E-state index in [1.807, 2.05) is 0 Å². The summed E-state index contributed by atoms with van der Waals surface area (Å²) in [5, 5.41) is 0. The molecule has 2 saturated carbocycles. The van der Waals surface area contributed by atoms with Crippen molar-refractivity contribution < 1.29 is 0 Å². The van der Waals surface area contributed by atoms with Crippen LogP contribution < -0.4 is 0 Å². The highest BCUT2D eigenvalue weighted by molar-refractivity contribution is 5.33. The van der Waals surface area contributed by atoms with Gasteiger partial charge in [-0.05, 0) is 93.3 Å². The molecule has 2 unspecified atom stereocenters. The van der Waals surface area contributed by atoms with E-state index >= 15 is 0 Å². The fraction of sp³-hybridized carbons (Fsp3) is 0.933. The molecule has 0 aliphatic heterocycles. The van der Waals surface area contributed by atoms with Crippen LogP contribution in [0.25, 0.3) is 0 Å². The van der Waals surface area contributed by atoms with Crippen molar-refractivity contribution in [3.8, 4) is 0 Å². The molecule has 2 rings (SSSR count). The second-order valence-electron chi connectivity index (χ2n) is 22.3. The molecule has 0 N–H and O–H groups in total. The molecule has 0 nitrogen and oxygen atoms in total. The summed E-state index contributed by atoms with van der Waals surface area (Å²) in [5.74, 6) is 1.73. The summed E-state index contributed by atoms with van der Waals surface area (Å²) in [7, 11) is 0. The van der Waals surface area contributed by atoms with E-state index in [1.54, 1.807) is 0 Å². The molecular weight excluding hydrogens is 721 g/mol. The molecular formula is C60H114. The second kappa shape index (κ2) is 34.8. The Morgan fingerprint density at radius 3 is 1.08 bits per heavy atom. The van der Waals surface area contributed by atoms with Gasteiger partial charge in [-0.1, -0.05) is 278 Å². The van der Waals surface area contributed by atoms with E-state index in [4.69, 9.17) is 0 Å². The van der Waals surface area contributed by atoms with Crippen LogP contribution in [0.4, 0.5) is 0 Å². The monoisotopic (exact) mass is 835 g/mol. The first-order chi connectivity index (χ1) is 29.3. The summed E-state index contributed by atoms with van der Waals surface area (Å²) in [6, 6.07) is 0. The lowest BCUT2D eigenvalue weighted by atomic mass is 9.50. The molecule has 0 spiro atoms. The first-order valence-corrected chi connectivity index (χ1v) is 28.6. The van der Waals surface area contributed by atoms with Crippen molar-refractivity contribution in [2.45, 2.75) is 331 Å². The van der Waals surface area contributed by atoms with Crippen LogP contribution >= 0.6 is 0 Å². The van der Waals surface area contributed by atoms with Gasteiger partial charge in [-0.25, -0.2) is 0 Å². The lowest BCUT2D eigenvalue weighted by Gasteiger charge is -2.55. The predicted octanol–water partition coefficient (Wildman–Crippen LogP) is 22.0. The van der Waals surface area contributed by atoms with Gasteiger partial charge < -0.3 is 0 Å². The Kier molecular flexibility index (Phi) is 32.3. The van der Waals surface area contributed by atoms with Crippen LogP contribution in [-0.4, -0.2) is 0 Å².